The summed E-state index contributed by atoms with van der Waals surface area (Å²) in [5.41, 5.74) is 5.39. The van der Waals surface area contributed by atoms with E-state index in [0.717, 1.165) is 18.0 Å². The molecule has 1 heterocycles. The largest absolute Gasteiger partial charge is 0.367 e. The molecule has 0 atom stereocenters. The number of nitrogens with zero attached hydrogens (tertiary/aromatic N) is 2. The number of nitrogen functional groups attached to an aromatic ring is 1. The molecule has 0 amide bonds. The van der Waals surface area contributed by atoms with E-state index in [1.165, 1.54) is 11.5 Å². The summed E-state index contributed by atoms with van der Waals surface area (Å²) in [5, 5.41) is 4.08. The molecule has 2 rings (SSSR count). The molecule has 5 heteroatoms. The fraction of sp³-hybridized carbons (Fsp3) is 0.429. The first-order chi connectivity index (χ1) is 5.84. The van der Waals surface area contributed by atoms with Gasteiger partial charge in [0.25, 0.3) is 0 Å². The summed E-state index contributed by atoms with van der Waals surface area (Å²) in [4.78, 5) is 4.02. The van der Waals surface area contributed by atoms with Crippen LogP contribution in [0, 0.1) is 0 Å². The summed E-state index contributed by atoms with van der Waals surface area (Å²) in [5.74, 6) is 0.355. The molecule has 0 unspecified atom stereocenters. The highest BCUT2D eigenvalue weighted by molar-refractivity contribution is 7.09. The Labute approximate surface area is 74.7 Å². The molecule has 0 bridgehead atoms. The van der Waals surface area contributed by atoms with Crippen molar-refractivity contribution in [3.63, 3.8) is 0 Å². The van der Waals surface area contributed by atoms with Gasteiger partial charge in [0.1, 0.15) is 0 Å². The van der Waals surface area contributed by atoms with Crippen LogP contribution in [0.1, 0.15) is 12.8 Å². The van der Waals surface area contributed by atoms with Crippen LogP contribution in [0.4, 0.5) is 11.1 Å². The van der Waals surface area contributed by atoms with Crippen LogP contribution < -0.4 is 11.1 Å². The van der Waals surface area contributed by atoms with Crippen molar-refractivity contribution >= 4 is 22.6 Å². The van der Waals surface area contributed by atoms with Crippen LogP contribution in [-0.4, -0.2) is 15.4 Å². The second-order valence-corrected chi connectivity index (χ2v) is 3.49. The van der Waals surface area contributed by atoms with Crippen LogP contribution >= 0.6 is 11.5 Å². The molecule has 1 aliphatic carbocycles. The molecule has 0 aliphatic heterocycles. The van der Waals surface area contributed by atoms with Gasteiger partial charge in [0, 0.05) is 17.6 Å². The van der Waals surface area contributed by atoms with E-state index in [2.05, 4.69) is 26.8 Å². The fourth-order valence-electron chi connectivity index (χ4n) is 1.20. The van der Waals surface area contributed by atoms with Crippen molar-refractivity contribution < 1.29 is 0 Å². The van der Waals surface area contributed by atoms with Gasteiger partial charge in [-0.1, -0.05) is 12.2 Å². The lowest BCUT2D eigenvalue weighted by Crippen LogP contribution is -2.14. The smallest absolute Gasteiger partial charge is 0.233 e. The monoisotopic (exact) mass is 182 g/mol. The highest BCUT2D eigenvalue weighted by Gasteiger charge is 2.11. The first kappa shape index (κ1) is 7.54. The number of anilines is 2. The molecule has 4 nitrogen and oxygen atoms in total. The zero-order chi connectivity index (χ0) is 8.39. The zero-order valence-electron chi connectivity index (χ0n) is 6.53. The maximum absolute atomic E-state index is 5.39. The third kappa shape index (κ3) is 1.55. The Morgan fingerprint density at radius 1 is 1.50 bits per heavy atom. The van der Waals surface area contributed by atoms with Gasteiger partial charge < -0.3 is 11.1 Å². The summed E-state index contributed by atoms with van der Waals surface area (Å²) in [6.45, 7) is 0. The predicted molar refractivity (Wildman–Crippen MR) is 50.1 cm³/mol. The summed E-state index contributed by atoms with van der Waals surface area (Å²) in [6.07, 6.45) is 6.48. The van der Waals surface area contributed by atoms with Gasteiger partial charge in [-0.3, -0.25) is 0 Å². The number of nitrogens with one attached hydrogen (secondary N) is 1. The van der Waals surface area contributed by atoms with E-state index < -0.39 is 0 Å². The topological polar surface area (TPSA) is 63.8 Å². The number of aromatic nitrogens is 2. The molecule has 3 N–H and O–H groups in total. The standard InChI is InChI=1S/C7H10N4S/c8-6-10-7(12-11-6)9-5-3-1-2-4-5/h1-2,5H,3-4H2,(H3,8,9,10,11). The first-order valence-corrected chi connectivity index (χ1v) is 4.62. The van der Waals surface area contributed by atoms with Crippen LogP contribution in [0.2, 0.25) is 0 Å². The normalized spacial score (nSPS) is 17.0. The van der Waals surface area contributed by atoms with Gasteiger partial charge in [-0.2, -0.15) is 9.36 Å². The predicted octanol–water partition coefficient (Wildman–Crippen LogP) is 1.25. The molecular weight excluding hydrogens is 172 g/mol. The van der Waals surface area contributed by atoms with E-state index in [1.54, 1.807) is 0 Å². The number of hydrogen-bond donors (Lipinski definition) is 2. The molecule has 0 saturated heterocycles. The average molecular weight is 182 g/mol. The minimum atomic E-state index is 0.355. The van der Waals surface area contributed by atoms with E-state index in [0.29, 0.717) is 12.0 Å². The number of hydrogen-bond acceptors (Lipinski definition) is 5. The van der Waals surface area contributed by atoms with Gasteiger partial charge in [-0.15, -0.1) is 0 Å². The van der Waals surface area contributed by atoms with Gasteiger partial charge in [0.05, 0.1) is 0 Å². The Morgan fingerprint density at radius 3 is 2.83 bits per heavy atom. The molecule has 0 spiro atoms. The Morgan fingerprint density at radius 2 is 2.25 bits per heavy atom. The summed E-state index contributed by atoms with van der Waals surface area (Å²) in [6, 6.07) is 0.484. The maximum atomic E-state index is 5.39. The van der Waals surface area contributed by atoms with Crippen LogP contribution in [0.5, 0.6) is 0 Å². The van der Waals surface area contributed by atoms with Gasteiger partial charge in [-0.05, 0) is 12.8 Å². The molecule has 1 aliphatic rings. The maximum Gasteiger partial charge on any atom is 0.233 e. The number of rotatable bonds is 2. The molecule has 0 radical (unpaired) electrons. The Bertz CT molecular complexity index is 285. The van der Waals surface area contributed by atoms with Crippen molar-refractivity contribution in [1.82, 2.24) is 9.36 Å². The average Bonchev–Trinajstić information content (AvgIpc) is 2.63. The van der Waals surface area contributed by atoms with E-state index in [4.69, 9.17) is 5.73 Å². The minimum absolute atomic E-state index is 0.355. The van der Waals surface area contributed by atoms with E-state index in [9.17, 15) is 0 Å². The third-order valence-electron chi connectivity index (χ3n) is 1.78. The first-order valence-electron chi connectivity index (χ1n) is 3.85. The molecule has 64 valence electrons. The summed E-state index contributed by atoms with van der Waals surface area (Å²) < 4.78 is 3.88. The quantitative estimate of drug-likeness (QED) is 0.676. The number of nitrogens with two attached hydrogens (primary N) is 1. The van der Waals surface area contributed by atoms with Gasteiger partial charge in [0.15, 0.2) is 0 Å². The Hall–Kier alpha value is -1.10. The molecule has 12 heavy (non-hydrogen) atoms. The third-order valence-corrected chi connectivity index (χ3v) is 2.44. The van der Waals surface area contributed by atoms with Crippen molar-refractivity contribution in [3.05, 3.63) is 12.2 Å². The molecule has 0 fully saturated rings. The lowest BCUT2D eigenvalue weighted by atomic mass is 10.2. The molecular formula is C7H10N4S. The van der Waals surface area contributed by atoms with Crippen LogP contribution in [0.3, 0.4) is 0 Å². The zero-order valence-corrected chi connectivity index (χ0v) is 7.34. The molecule has 1 aromatic rings. The molecule has 0 aromatic carbocycles. The van der Waals surface area contributed by atoms with Crippen molar-refractivity contribution in [2.45, 2.75) is 18.9 Å². The van der Waals surface area contributed by atoms with E-state index in [-0.39, 0.29) is 0 Å². The summed E-state index contributed by atoms with van der Waals surface area (Å²) >= 11 is 1.31. The van der Waals surface area contributed by atoms with Crippen molar-refractivity contribution in [2.24, 2.45) is 0 Å². The summed E-state index contributed by atoms with van der Waals surface area (Å²) in [7, 11) is 0. The molecule has 0 saturated carbocycles. The molecule has 1 aromatic heterocycles. The second kappa shape index (κ2) is 3.10. The van der Waals surface area contributed by atoms with Gasteiger partial charge >= 0.3 is 0 Å². The van der Waals surface area contributed by atoms with E-state index in [1.807, 2.05) is 0 Å². The second-order valence-electron chi connectivity index (χ2n) is 2.74. The van der Waals surface area contributed by atoms with E-state index >= 15 is 0 Å². The van der Waals surface area contributed by atoms with Crippen molar-refractivity contribution in [2.75, 3.05) is 11.1 Å². The van der Waals surface area contributed by atoms with Gasteiger partial charge in [0.2, 0.25) is 11.1 Å². The lowest BCUT2D eigenvalue weighted by Gasteiger charge is -2.08. The van der Waals surface area contributed by atoms with Crippen LogP contribution in [-0.2, 0) is 0 Å². The van der Waals surface area contributed by atoms with Crippen molar-refractivity contribution in [1.29, 1.82) is 0 Å². The minimum Gasteiger partial charge on any atom is -0.367 e. The van der Waals surface area contributed by atoms with Gasteiger partial charge in [-0.25, -0.2) is 0 Å². The highest BCUT2D eigenvalue weighted by Crippen LogP contribution is 2.18. The SMILES string of the molecule is Nc1nsc(NC2CC=CC2)n1. The highest BCUT2D eigenvalue weighted by atomic mass is 32.1. The Kier molecular flexibility index (Phi) is 1.95. The van der Waals surface area contributed by atoms with Crippen LogP contribution in [0.15, 0.2) is 12.2 Å². The fourth-order valence-corrected chi connectivity index (χ4v) is 1.78. The van der Waals surface area contributed by atoms with Crippen LogP contribution in [0.25, 0.3) is 0 Å². The lowest BCUT2D eigenvalue weighted by molar-refractivity contribution is 0.785. The van der Waals surface area contributed by atoms with Crippen molar-refractivity contribution in [3.8, 4) is 0 Å². The Balaban J connectivity index is 1.95.